The van der Waals surface area contributed by atoms with Gasteiger partial charge in [0.05, 0.1) is 17.7 Å². The smallest absolute Gasteiger partial charge is 0.316 e. The van der Waals surface area contributed by atoms with Gasteiger partial charge in [0.25, 0.3) is 0 Å². The number of hydrogen-bond donors (Lipinski definition) is 0. The van der Waals surface area contributed by atoms with Crippen molar-refractivity contribution in [2.45, 2.75) is 58.3 Å². The van der Waals surface area contributed by atoms with Crippen molar-refractivity contribution in [1.29, 1.82) is 0 Å². The highest BCUT2D eigenvalue weighted by molar-refractivity contribution is 5.87. The highest BCUT2D eigenvalue weighted by Crippen LogP contribution is 2.49. The van der Waals surface area contributed by atoms with Crippen molar-refractivity contribution >= 4 is 5.97 Å². The summed E-state index contributed by atoms with van der Waals surface area (Å²) in [5, 5.41) is 4.30. The van der Waals surface area contributed by atoms with Gasteiger partial charge in [-0.3, -0.25) is 4.79 Å². The summed E-state index contributed by atoms with van der Waals surface area (Å²) in [4.78, 5) is 12.4. The number of hydrogen-bond acceptors (Lipinski definition) is 4. The summed E-state index contributed by atoms with van der Waals surface area (Å²) in [7, 11) is 0. The molecule has 0 radical (unpaired) electrons. The number of nitrogens with zero attached hydrogens (tertiary/aromatic N) is 1. The van der Waals surface area contributed by atoms with Crippen LogP contribution < -0.4 is 0 Å². The normalized spacial score (nSPS) is 14.8. The molecule has 1 heterocycles. The maximum Gasteiger partial charge on any atom is 0.316 e. The first-order valence-corrected chi connectivity index (χ1v) is 13.4. The van der Waals surface area contributed by atoms with Gasteiger partial charge in [-0.25, -0.2) is 0 Å². The van der Waals surface area contributed by atoms with Gasteiger partial charge in [0, 0.05) is 11.1 Å². The van der Waals surface area contributed by atoms with Crippen molar-refractivity contribution in [3.63, 3.8) is 0 Å². The van der Waals surface area contributed by atoms with Gasteiger partial charge in [0.1, 0.15) is 0 Å². The summed E-state index contributed by atoms with van der Waals surface area (Å²) in [6.07, 6.45) is 4.88. The Balaban J connectivity index is 1.27. The zero-order valence-corrected chi connectivity index (χ0v) is 22.0. The van der Waals surface area contributed by atoms with Crippen molar-refractivity contribution in [3.05, 3.63) is 101 Å². The standard InChI is InChI=1S/C33H35NO3/c1-4-36-32(35)33(20-21-33)29-18-16-27(17-19-29)26-12-14-28(15-13-26)31-30(24(3)34-37-31)22-23(2)10-11-25-8-6-5-7-9-25/h5-9,12-19,23H,4,10-11,20-22H2,1-3H3. The quantitative estimate of drug-likeness (QED) is 0.212. The van der Waals surface area contributed by atoms with Crippen LogP contribution in [-0.4, -0.2) is 17.7 Å². The Kier molecular flexibility index (Phi) is 7.27. The first kappa shape index (κ1) is 25.0. The zero-order chi connectivity index (χ0) is 25.8. The molecule has 0 aliphatic heterocycles. The molecule has 3 aromatic carbocycles. The Hall–Kier alpha value is -3.66. The van der Waals surface area contributed by atoms with Crippen LogP contribution in [0.15, 0.2) is 83.4 Å². The van der Waals surface area contributed by atoms with E-state index in [1.54, 1.807) is 0 Å². The molecule has 1 saturated carbocycles. The van der Waals surface area contributed by atoms with Crippen LogP contribution in [0.3, 0.4) is 0 Å². The van der Waals surface area contributed by atoms with Crippen molar-refractivity contribution in [1.82, 2.24) is 5.16 Å². The van der Waals surface area contributed by atoms with Gasteiger partial charge in [-0.2, -0.15) is 0 Å². The molecule has 1 aromatic heterocycles. The van der Waals surface area contributed by atoms with E-state index in [9.17, 15) is 4.79 Å². The Bertz CT molecular complexity index is 1330. The van der Waals surface area contributed by atoms with Crippen LogP contribution in [0.25, 0.3) is 22.5 Å². The van der Waals surface area contributed by atoms with E-state index in [2.05, 4.69) is 90.9 Å². The summed E-state index contributed by atoms with van der Waals surface area (Å²) >= 11 is 0. The third kappa shape index (κ3) is 5.39. The van der Waals surface area contributed by atoms with Crippen molar-refractivity contribution in [2.75, 3.05) is 6.61 Å². The Morgan fingerprint density at radius 3 is 2.19 bits per heavy atom. The molecule has 1 fully saturated rings. The highest BCUT2D eigenvalue weighted by atomic mass is 16.5. The first-order chi connectivity index (χ1) is 18.0. The van der Waals surface area contributed by atoms with Crippen LogP contribution in [-0.2, 0) is 27.8 Å². The first-order valence-electron chi connectivity index (χ1n) is 13.4. The summed E-state index contributed by atoms with van der Waals surface area (Å²) in [6, 6.07) is 27.5. The third-order valence-corrected chi connectivity index (χ3v) is 7.64. The molecule has 0 N–H and O–H groups in total. The van der Waals surface area contributed by atoms with E-state index in [0.29, 0.717) is 12.5 Å². The second kappa shape index (κ2) is 10.8. The Morgan fingerprint density at radius 1 is 0.946 bits per heavy atom. The van der Waals surface area contributed by atoms with E-state index >= 15 is 0 Å². The highest BCUT2D eigenvalue weighted by Gasteiger charge is 2.52. The predicted octanol–water partition coefficient (Wildman–Crippen LogP) is 7.72. The molecule has 1 unspecified atom stereocenters. The van der Waals surface area contributed by atoms with E-state index < -0.39 is 5.41 Å². The van der Waals surface area contributed by atoms with Crippen LogP contribution in [0, 0.1) is 12.8 Å². The van der Waals surface area contributed by atoms with Gasteiger partial charge >= 0.3 is 5.97 Å². The topological polar surface area (TPSA) is 52.3 Å². The maximum absolute atomic E-state index is 12.4. The monoisotopic (exact) mass is 493 g/mol. The van der Waals surface area contributed by atoms with E-state index in [1.165, 1.54) is 11.1 Å². The molecule has 0 amide bonds. The van der Waals surface area contributed by atoms with Gasteiger partial charge in [0.2, 0.25) is 0 Å². The Morgan fingerprint density at radius 2 is 1.57 bits per heavy atom. The van der Waals surface area contributed by atoms with Crippen molar-refractivity contribution in [2.24, 2.45) is 5.92 Å². The lowest BCUT2D eigenvalue weighted by atomic mass is 9.91. The predicted molar refractivity (Wildman–Crippen MR) is 147 cm³/mol. The average molecular weight is 494 g/mol. The number of ether oxygens (including phenoxy) is 1. The van der Waals surface area contributed by atoms with Crippen LogP contribution >= 0.6 is 0 Å². The summed E-state index contributed by atoms with van der Waals surface area (Å²) < 4.78 is 11.1. The maximum atomic E-state index is 12.4. The van der Waals surface area contributed by atoms with Gasteiger partial charge in [-0.15, -0.1) is 0 Å². The minimum absolute atomic E-state index is 0.0976. The molecule has 0 bridgehead atoms. The van der Waals surface area contributed by atoms with Gasteiger partial charge in [-0.1, -0.05) is 90.9 Å². The van der Waals surface area contributed by atoms with E-state index in [1.807, 2.05) is 13.8 Å². The van der Waals surface area contributed by atoms with Gasteiger partial charge < -0.3 is 9.26 Å². The second-order valence-corrected chi connectivity index (χ2v) is 10.4. The van der Waals surface area contributed by atoms with Crippen LogP contribution in [0.5, 0.6) is 0 Å². The number of rotatable bonds is 10. The second-order valence-electron chi connectivity index (χ2n) is 10.4. The van der Waals surface area contributed by atoms with Crippen LogP contribution in [0.2, 0.25) is 0 Å². The lowest BCUT2D eigenvalue weighted by Gasteiger charge is -2.15. The number of aryl methyl sites for hydroxylation is 2. The fourth-order valence-electron chi connectivity index (χ4n) is 5.16. The van der Waals surface area contributed by atoms with Crippen molar-refractivity contribution in [3.8, 4) is 22.5 Å². The third-order valence-electron chi connectivity index (χ3n) is 7.64. The molecule has 1 aliphatic rings. The lowest BCUT2D eigenvalue weighted by molar-refractivity contribution is -0.146. The number of carbonyl (C=O) groups excluding carboxylic acids is 1. The Labute approximate surface area is 219 Å². The molecule has 4 nitrogen and oxygen atoms in total. The fraction of sp³-hybridized carbons (Fsp3) is 0.333. The minimum Gasteiger partial charge on any atom is -0.465 e. The van der Waals surface area contributed by atoms with Crippen molar-refractivity contribution < 1.29 is 14.1 Å². The van der Waals surface area contributed by atoms with Gasteiger partial charge in [-0.05, 0) is 74.1 Å². The number of benzene rings is 3. The fourth-order valence-corrected chi connectivity index (χ4v) is 5.16. The van der Waals surface area contributed by atoms with E-state index in [4.69, 9.17) is 9.26 Å². The minimum atomic E-state index is -0.433. The average Bonchev–Trinajstić information content (AvgIpc) is 3.67. The largest absolute Gasteiger partial charge is 0.465 e. The summed E-state index contributed by atoms with van der Waals surface area (Å²) in [5.41, 5.74) is 7.47. The van der Waals surface area contributed by atoms with E-state index in [0.717, 1.165) is 65.8 Å². The number of carbonyl (C=O) groups is 1. The molecule has 190 valence electrons. The van der Waals surface area contributed by atoms with E-state index in [-0.39, 0.29) is 5.97 Å². The molecule has 5 rings (SSSR count). The molecule has 4 heteroatoms. The van der Waals surface area contributed by atoms with Gasteiger partial charge in [0.15, 0.2) is 5.76 Å². The lowest BCUT2D eigenvalue weighted by Crippen LogP contribution is -2.23. The molecule has 4 aromatic rings. The molecular weight excluding hydrogens is 458 g/mol. The zero-order valence-electron chi connectivity index (χ0n) is 22.0. The molecule has 37 heavy (non-hydrogen) atoms. The molecule has 0 spiro atoms. The van der Waals surface area contributed by atoms with Crippen LogP contribution in [0.1, 0.15) is 55.5 Å². The summed E-state index contributed by atoms with van der Waals surface area (Å²) in [5.74, 6) is 1.30. The molecular formula is C33H35NO3. The summed E-state index contributed by atoms with van der Waals surface area (Å²) in [6.45, 7) is 6.62. The molecule has 1 aliphatic carbocycles. The molecule has 0 saturated heterocycles. The van der Waals surface area contributed by atoms with Crippen LogP contribution in [0.4, 0.5) is 0 Å². The number of esters is 1. The SMILES string of the molecule is CCOC(=O)C1(c2ccc(-c3ccc(-c4onc(C)c4CC(C)CCc4ccccc4)cc3)cc2)CC1. The number of aromatic nitrogens is 1. The molecule has 1 atom stereocenters.